The van der Waals surface area contributed by atoms with E-state index in [2.05, 4.69) is 4.74 Å². The molecule has 0 radical (unpaired) electrons. The third-order valence-electron chi connectivity index (χ3n) is 4.49. The second-order valence-corrected chi connectivity index (χ2v) is 6.50. The molecule has 1 aromatic heterocycles. The lowest BCUT2D eigenvalue weighted by Crippen LogP contribution is -2.17. The third kappa shape index (κ3) is 5.26. The summed E-state index contributed by atoms with van der Waals surface area (Å²) in [6.45, 7) is 2.01. The van der Waals surface area contributed by atoms with Crippen molar-refractivity contribution in [2.24, 2.45) is 0 Å². The minimum absolute atomic E-state index is 0.178. The Morgan fingerprint density at radius 1 is 1.03 bits per heavy atom. The van der Waals surface area contributed by atoms with Crippen LogP contribution in [0.1, 0.15) is 18.1 Å². The Balaban J connectivity index is 1.74. The van der Waals surface area contributed by atoms with Gasteiger partial charge in [0.15, 0.2) is 6.61 Å². The summed E-state index contributed by atoms with van der Waals surface area (Å²) in [6.07, 6.45) is 2.30. The molecule has 0 aliphatic heterocycles. The molecule has 0 unspecified atom stereocenters. The number of hydrogen-bond acceptors (Lipinski definition) is 5. The normalized spacial score (nSPS) is 10.5. The molecule has 0 saturated heterocycles. The molecule has 0 aliphatic rings. The molecule has 0 saturated carbocycles. The van der Waals surface area contributed by atoms with E-state index >= 15 is 0 Å². The number of pyridine rings is 1. The van der Waals surface area contributed by atoms with Crippen LogP contribution in [0.15, 0.2) is 65.6 Å². The Labute approximate surface area is 173 Å². The first-order valence-electron chi connectivity index (χ1n) is 9.43. The molecule has 0 amide bonds. The van der Waals surface area contributed by atoms with Crippen LogP contribution in [0.2, 0.25) is 0 Å². The van der Waals surface area contributed by atoms with Crippen LogP contribution in [-0.2, 0) is 22.6 Å². The highest BCUT2D eigenvalue weighted by atomic mass is 19.1. The molecule has 30 heavy (non-hydrogen) atoms. The SMILES string of the molecule is CCc1cc(-n2ccc(OCc3ccc(F)cc3)cc2=O)ccc1OCC(=O)OC. The summed E-state index contributed by atoms with van der Waals surface area (Å²) < 4.78 is 30.2. The highest BCUT2D eigenvalue weighted by Crippen LogP contribution is 2.23. The fourth-order valence-electron chi connectivity index (χ4n) is 2.84. The van der Waals surface area contributed by atoms with E-state index in [1.807, 2.05) is 13.0 Å². The summed E-state index contributed by atoms with van der Waals surface area (Å²) in [5, 5.41) is 0. The number of hydrogen-bond donors (Lipinski definition) is 0. The number of ether oxygens (including phenoxy) is 3. The molecular weight excluding hydrogens is 389 g/mol. The number of rotatable bonds is 8. The maximum atomic E-state index is 13.0. The number of aromatic nitrogens is 1. The Morgan fingerprint density at radius 2 is 1.80 bits per heavy atom. The zero-order valence-corrected chi connectivity index (χ0v) is 16.8. The van der Waals surface area contributed by atoms with Crippen molar-refractivity contribution >= 4 is 5.97 Å². The standard InChI is InChI=1S/C23H22FNO5/c1-3-17-12-19(8-9-21(17)30-15-23(27)28-2)25-11-10-20(13-22(25)26)29-14-16-4-6-18(24)7-5-16/h4-13H,3,14-15H2,1-2H3. The topological polar surface area (TPSA) is 66.8 Å². The number of esters is 1. The summed E-state index contributed by atoms with van der Waals surface area (Å²) >= 11 is 0. The molecule has 7 heteroatoms. The molecule has 1 heterocycles. The molecule has 0 N–H and O–H groups in total. The van der Waals surface area contributed by atoms with Crippen LogP contribution < -0.4 is 15.0 Å². The van der Waals surface area contributed by atoms with Crippen LogP contribution in [0.25, 0.3) is 5.69 Å². The lowest BCUT2D eigenvalue weighted by molar-refractivity contribution is -0.142. The largest absolute Gasteiger partial charge is 0.489 e. The molecule has 6 nitrogen and oxygen atoms in total. The molecular formula is C23H22FNO5. The van der Waals surface area contributed by atoms with Gasteiger partial charge in [0.25, 0.3) is 5.56 Å². The Kier molecular flexibility index (Phi) is 6.85. The monoisotopic (exact) mass is 411 g/mol. The van der Waals surface area contributed by atoms with Gasteiger partial charge in [0, 0.05) is 18.0 Å². The van der Waals surface area contributed by atoms with Crippen molar-refractivity contribution in [1.29, 1.82) is 0 Å². The summed E-state index contributed by atoms with van der Waals surface area (Å²) in [7, 11) is 1.30. The highest BCUT2D eigenvalue weighted by Gasteiger charge is 2.09. The van der Waals surface area contributed by atoms with Gasteiger partial charge in [0.05, 0.1) is 7.11 Å². The van der Waals surface area contributed by atoms with E-state index in [0.29, 0.717) is 23.6 Å². The molecule has 0 spiro atoms. The minimum Gasteiger partial charge on any atom is -0.489 e. The van der Waals surface area contributed by atoms with Crippen molar-refractivity contribution < 1.29 is 23.4 Å². The highest BCUT2D eigenvalue weighted by molar-refractivity contribution is 5.71. The zero-order valence-electron chi connectivity index (χ0n) is 16.8. The molecule has 0 bridgehead atoms. The zero-order chi connectivity index (χ0) is 21.5. The first-order chi connectivity index (χ1) is 14.5. The maximum Gasteiger partial charge on any atom is 0.343 e. The number of nitrogens with zero attached hydrogens (tertiary/aromatic N) is 1. The van der Waals surface area contributed by atoms with Gasteiger partial charge in [-0.15, -0.1) is 0 Å². The minimum atomic E-state index is -0.464. The predicted molar refractivity (Wildman–Crippen MR) is 110 cm³/mol. The van der Waals surface area contributed by atoms with Crippen LogP contribution >= 0.6 is 0 Å². The van der Waals surface area contributed by atoms with Crippen molar-refractivity contribution in [1.82, 2.24) is 4.57 Å². The molecule has 0 atom stereocenters. The lowest BCUT2D eigenvalue weighted by atomic mass is 10.1. The summed E-state index contributed by atoms with van der Waals surface area (Å²) in [5.74, 6) is 0.219. The van der Waals surface area contributed by atoms with Crippen molar-refractivity contribution in [2.75, 3.05) is 13.7 Å². The van der Waals surface area contributed by atoms with Gasteiger partial charge in [-0.2, -0.15) is 0 Å². The van der Waals surface area contributed by atoms with E-state index < -0.39 is 5.97 Å². The summed E-state index contributed by atoms with van der Waals surface area (Å²) in [6, 6.07) is 14.4. The Hall–Kier alpha value is -3.61. The van der Waals surface area contributed by atoms with E-state index in [9.17, 15) is 14.0 Å². The first kappa shape index (κ1) is 21.1. The number of aryl methyl sites for hydroxylation is 1. The van der Waals surface area contributed by atoms with Crippen molar-refractivity contribution in [3.05, 3.63) is 88.1 Å². The van der Waals surface area contributed by atoms with E-state index in [0.717, 1.165) is 11.1 Å². The van der Waals surface area contributed by atoms with E-state index in [1.54, 1.807) is 36.5 Å². The summed E-state index contributed by atoms with van der Waals surface area (Å²) in [4.78, 5) is 23.9. The molecule has 0 aliphatic carbocycles. The number of halogens is 1. The fourth-order valence-corrected chi connectivity index (χ4v) is 2.84. The van der Waals surface area contributed by atoms with Gasteiger partial charge in [0.2, 0.25) is 0 Å². The van der Waals surface area contributed by atoms with Crippen LogP contribution in [0.4, 0.5) is 4.39 Å². The van der Waals surface area contributed by atoms with Crippen LogP contribution in [0.3, 0.4) is 0 Å². The average molecular weight is 411 g/mol. The van der Waals surface area contributed by atoms with Gasteiger partial charge in [-0.1, -0.05) is 19.1 Å². The van der Waals surface area contributed by atoms with E-state index in [4.69, 9.17) is 9.47 Å². The fraction of sp³-hybridized carbons (Fsp3) is 0.217. The molecule has 156 valence electrons. The van der Waals surface area contributed by atoms with Crippen LogP contribution in [0.5, 0.6) is 11.5 Å². The second-order valence-electron chi connectivity index (χ2n) is 6.50. The van der Waals surface area contributed by atoms with E-state index in [-0.39, 0.29) is 24.6 Å². The quantitative estimate of drug-likeness (QED) is 0.529. The summed E-state index contributed by atoms with van der Waals surface area (Å²) in [5.41, 5.74) is 2.08. The molecule has 0 fully saturated rings. The maximum absolute atomic E-state index is 13.0. The molecule has 2 aromatic carbocycles. The van der Waals surface area contributed by atoms with Crippen molar-refractivity contribution in [2.45, 2.75) is 20.0 Å². The third-order valence-corrected chi connectivity index (χ3v) is 4.49. The molecule has 3 aromatic rings. The average Bonchev–Trinajstić information content (AvgIpc) is 2.77. The molecule has 3 rings (SSSR count). The van der Waals surface area contributed by atoms with Gasteiger partial charge in [-0.3, -0.25) is 9.36 Å². The second kappa shape index (κ2) is 9.73. The van der Waals surface area contributed by atoms with E-state index in [1.165, 1.54) is 29.9 Å². The van der Waals surface area contributed by atoms with Gasteiger partial charge >= 0.3 is 5.97 Å². The Morgan fingerprint density at radius 3 is 2.47 bits per heavy atom. The number of carbonyl (C=O) groups is 1. The Bertz CT molecular complexity index is 1080. The van der Waals surface area contributed by atoms with Crippen molar-refractivity contribution in [3.8, 4) is 17.2 Å². The number of methoxy groups -OCH3 is 1. The number of carbonyl (C=O) groups excluding carboxylic acids is 1. The van der Waals surface area contributed by atoms with Crippen LogP contribution in [0, 0.1) is 5.82 Å². The van der Waals surface area contributed by atoms with Gasteiger partial charge in [0.1, 0.15) is 23.9 Å². The lowest BCUT2D eigenvalue weighted by Gasteiger charge is -2.13. The predicted octanol–water partition coefficient (Wildman–Crippen LogP) is 3.67. The van der Waals surface area contributed by atoms with Crippen LogP contribution in [-0.4, -0.2) is 24.3 Å². The van der Waals surface area contributed by atoms with Gasteiger partial charge in [-0.25, -0.2) is 9.18 Å². The first-order valence-corrected chi connectivity index (χ1v) is 9.43. The van der Waals surface area contributed by atoms with Gasteiger partial charge < -0.3 is 14.2 Å². The van der Waals surface area contributed by atoms with Crippen molar-refractivity contribution in [3.63, 3.8) is 0 Å². The smallest absolute Gasteiger partial charge is 0.343 e. The number of benzene rings is 2. The van der Waals surface area contributed by atoms with Gasteiger partial charge in [-0.05, 0) is 53.9 Å².